The first-order chi connectivity index (χ1) is 7.16. The summed E-state index contributed by atoms with van der Waals surface area (Å²) in [5, 5.41) is 6.12. The lowest BCUT2D eigenvalue weighted by atomic mass is 10.1. The average molecular weight is 225 g/mol. The largest absolute Gasteiger partial charge is 0.268 e. The Labute approximate surface area is 89.5 Å². The summed E-state index contributed by atoms with van der Waals surface area (Å²) < 4.78 is 13.4. The van der Waals surface area contributed by atoms with Crippen LogP contribution in [0, 0.1) is 5.82 Å². The van der Waals surface area contributed by atoms with Gasteiger partial charge in [-0.25, -0.2) is 9.49 Å². The monoisotopic (exact) mass is 224 g/mol. The first-order valence-electron chi connectivity index (χ1n) is 4.17. The smallest absolute Gasteiger partial charge is 0.264 e. The number of hydrogen-bond acceptors (Lipinski definition) is 2. The maximum Gasteiger partial charge on any atom is 0.264 e. The van der Waals surface area contributed by atoms with Crippen LogP contribution in [0.1, 0.15) is 0 Å². The highest BCUT2D eigenvalue weighted by Crippen LogP contribution is 2.23. The minimum absolute atomic E-state index is 0.304. The second kappa shape index (κ2) is 3.82. The molecule has 1 aromatic heterocycles. The van der Waals surface area contributed by atoms with Crippen LogP contribution in [0.3, 0.4) is 0 Å². The highest BCUT2D eigenvalue weighted by atomic mass is 35.5. The fourth-order valence-electron chi connectivity index (χ4n) is 1.25. The quantitative estimate of drug-likeness (QED) is 0.808. The molecule has 0 aliphatic carbocycles. The molecule has 15 heavy (non-hydrogen) atoms. The summed E-state index contributed by atoms with van der Waals surface area (Å²) in [6.45, 7) is 0. The Morgan fingerprint density at radius 1 is 1.33 bits per heavy atom. The van der Waals surface area contributed by atoms with Crippen molar-refractivity contribution in [3.63, 3.8) is 0 Å². The summed E-state index contributed by atoms with van der Waals surface area (Å²) in [5.41, 5.74) is 0.354. The number of hydrogen-bond donors (Lipinski definition) is 1. The highest BCUT2D eigenvalue weighted by molar-refractivity contribution is 6.30. The van der Waals surface area contributed by atoms with Crippen LogP contribution in [0.5, 0.6) is 0 Å². The van der Waals surface area contributed by atoms with E-state index in [0.717, 1.165) is 0 Å². The normalized spacial score (nSPS) is 10.3. The summed E-state index contributed by atoms with van der Waals surface area (Å²) in [6.07, 6.45) is 1.38. The molecule has 1 N–H and O–H groups in total. The number of halogens is 2. The van der Waals surface area contributed by atoms with Crippen molar-refractivity contribution in [3.8, 4) is 11.1 Å². The van der Waals surface area contributed by atoms with Crippen molar-refractivity contribution in [1.29, 1.82) is 0 Å². The maximum absolute atomic E-state index is 13.4. The molecule has 5 heteroatoms. The molecule has 0 atom stereocenters. The van der Waals surface area contributed by atoms with Crippen LogP contribution < -0.4 is 5.56 Å². The third-order valence-electron chi connectivity index (χ3n) is 1.91. The van der Waals surface area contributed by atoms with Crippen LogP contribution in [-0.2, 0) is 0 Å². The lowest BCUT2D eigenvalue weighted by Crippen LogP contribution is -2.05. The molecular formula is C10H6ClFN2O. The van der Waals surface area contributed by atoms with Crippen molar-refractivity contribution in [1.82, 2.24) is 10.2 Å². The molecule has 0 bridgehead atoms. The van der Waals surface area contributed by atoms with Gasteiger partial charge < -0.3 is 0 Å². The zero-order valence-corrected chi connectivity index (χ0v) is 8.25. The van der Waals surface area contributed by atoms with Crippen LogP contribution in [0.15, 0.2) is 35.3 Å². The molecule has 2 aromatic rings. The van der Waals surface area contributed by atoms with Crippen molar-refractivity contribution in [3.05, 3.63) is 51.7 Å². The number of rotatable bonds is 1. The molecule has 0 saturated carbocycles. The topological polar surface area (TPSA) is 45.8 Å². The van der Waals surface area contributed by atoms with E-state index in [0.29, 0.717) is 16.1 Å². The Balaban J connectivity index is 2.59. The molecule has 0 radical (unpaired) electrons. The molecule has 1 aromatic carbocycles. The van der Waals surface area contributed by atoms with E-state index < -0.39 is 5.82 Å². The number of nitrogens with zero attached hydrogens (tertiary/aromatic N) is 1. The number of aromatic amines is 1. The molecule has 0 fully saturated rings. The van der Waals surface area contributed by atoms with Crippen LogP contribution in [0.4, 0.5) is 4.39 Å². The third-order valence-corrected chi connectivity index (χ3v) is 2.14. The second-order valence-corrected chi connectivity index (χ2v) is 3.39. The standard InChI is InChI=1S/C10H6ClFN2O/c11-7-1-2-8(9(12)4-7)6-3-10(15)14-13-5-6/h1-5H,(H,14,15). The van der Waals surface area contributed by atoms with Crippen molar-refractivity contribution in [2.24, 2.45) is 0 Å². The van der Waals surface area contributed by atoms with Crippen LogP contribution in [0.2, 0.25) is 5.02 Å². The van der Waals surface area contributed by atoms with Gasteiger partial charge in [-0.05, 0) is 18.2 Å². The Morgan fingerprint density at radius 2 is 2.13 bits per heavy atom. The highest BCUT2D eigenvalue weighted by Gasteiger charge is 2.06. The summed E-state index contributed by atoms with van der Waals surface area (Å²) in [7, 11) is 0. The summed E-state index contributed by atoms with van der Waals surface area (Å²) in [4.78, 5) is 11.0. The molecule has 2 rings (SSSR count). The Hall–Kier alpha value is -1.68. The van der Waals surface area contributed by atoms with Gasteiger partial charge in [0.05, 0.1) is 6.20 Å². The molecule has 1 heterocycles. The summed E-state index contributed by atoms with van der Waals surface area (Å²) in [6, 6.07) is 5.53. The lowest BCUT2D eigenvalue weighted by molar-refractivity contribution is 0.631. The zero-order chi connectivity index (χ0) is 10.8. The van der Waals surface area contributed by atoms with Crippen LogP contribution >= 0.6 is 11.6 Å². The minimum Gasteiger partial charge on any atom is -0.268 e. The number of nitrogens with one attached hydrogen (secondary N) is 1. The fraction of sp³-hybridized carbons (Fsp3) is 0. The first kappa shape index (κ1) is 9.86. The third kappa shape index (κ3) is 2.05. The van der Waals surface area contributed by atoms with Crippen molar-refractivity contribution in [2.75, 3.05) is 0 Å². The van der Waals surface area contributed by atoms with Gasteiger partial charge >= 0.3 is 0 Å². The van der Waals surface area contributed by atoms with E-state index in [9.17, 15) is 9.18 Å². The molecule has 0 aliphatic rings. The number of benzene rings is 1. The van der Waals surface area contributed by atoms with E-state index in [2.05, 4.69) is 10.2 Å². The molecule has 76 valence electrons. The maximum atomic E-state index is 13.4. The number of H-pyrrole nitrogens is 1. The molecular weight excluding hydrogens is 219 g/mol. The van der Waals surface area contributed by atoms with Crippen molar-refractivity contribution in [2.45, 2.75) is 0 Å². The van der Waals surface area contributed by atoms with E-state index in [-0.39, 0.29) is 5.56 Å². The van der Waals surface area contributed by atoms with E-state index in [1.165, 1.54) is 24.4 Å². The summed E-state index contributed by atoms with van der Waals surface area (Å²) >= 11 is 5.61. The Morgan fingerprint density at radius 3 is 2.80 bits per heavy atom. The average Bonchev–Trinajstić information content (AvgIpc) is 2.17. The van der Waals surface area contributed by atoms with Gasteiger partial charge in [-0.1, -0.05) is 11.6 Å². The van der Waals surface area contributed by atoms with Crippen molar-refractivity contribution < 1.29 is 4.39 Å². The lowest BCUT2D eigenvalue weighted by Gasteiger charge is -2.01. The van der Waals surface area contributed by atoms with Gasteiger partial charge in [0.2, 0.25) is 0 Å². The van der Waals surface area contributed by atoms with Gasteiger partial charge in [0.1, 0.15) is 5.82 Å². The molecule has 0 amide bonds. The molecule has 3 nitrogen and oxygen atoms in total. The zero-order valence-electron chi connectivity index (χ0n) is 7.50. The van der Waals surface area contributed by atoms with Gasteiger partial charge in [-0.2, -0.15) is 5.10 Å². The van der Waals surface area contributed by atoms with E-state index in [4.69, 9.17) is 11.6 Å². The van der Waals surface area contributed by atoms with Crippen LogP contribution in [0.25, 0.3) is 11.1 Å². The fourth-order valence-corrected chi connectivity index (χ4v) is 1.41. The Kier molecular flexibility index (Phi) is 2.51. The molecule has 0 aliphatic heterocycles. The van der Waals surface area contributed by atoms with Crippen molar-refractivity contribution >= 4 is 11.6 Å². The van der Waals surface area contributed by atoms with Gasteiger partial charge in [0.25, 0.3) is 5.56 Å². The second-order valence-electron chi connectivity index (χ2n) is 2.96. The van der Waals surface area contributed by atoms with Crippen LogP contribution in [-0.4, -0.2) is 10.2 Å². The minimum atomic E-state index is -0.477. The summed E-state index contributed by atoms with van der Waals surface area (Å²) in [5.74, 6) is -0.477. The van der Waals surface area contributed by atoms with Gasteiger partial charge in [0.15, 0.2) is 0 Å². The SMILES string of the molecule is O=c1cc(-c2ccc(Cl)cc2F)cn[nH]1. The van der Waals surface area contributed by atoms with E-state index >= 15 is 0 Å². The first-order valence-corrected chi connectivity index (χ1v) is 4.55. The van der Waals surface area contributed by atoms with E-state index in [1.54, 1.807) is 6.07 Å². The number of aromatic nitrogens is 2. The molecule has 0 unspecified atom stereocenters. The molecule has 0 spiro atoms. The predicted molar refractivity (Wildman–Crippen MR) is 55.3 cm³/mol. The Bertz CT molecular complexity index is 553. The van der Waals surface area contributed by atoms with E-state index in [1.807, 2.05) is 0 Å². The predicted octanol–water partition coefficient (Wildman–Crippen LogP) is 2.23. The van der Waals surface area contributed by atoms with Gasteiger partial charge in [-0.15, -0.1) is 0 Å². The van der Waals surface area contributed by atoms with Gasteiger partial charge in [-0.3, -0.25) is 4.79 Å². The van der Waals surface area contributed by atoms with Gasteiger partial charge in [0, 0.05) is 22.2 Å². The molecule has 0 saturated heterocycles.